The van der Waals surface area contributed by atoms with Gasteiger partial charge in [-0.3, -0.25) is 0 Å². The normalized spacial score (nSPS) is 13.0. The van der Waals surface area contributed by atoms with E-state index >= 15 is 0 Å². The van der Waals surface area contributed by atoms with Crippen molar-refractivity contribution in [3.8, 4) is 11.5 Å². The summed E-state index contributed by atoms with van der Waals surface area (Å²) in [6, 6.07) is 7.61. The Morgan fingerprint density at radius 2 is 2.17 bits per heavy atom. The molecule has 1 N–H and O–H groups in total. The Balaban J connectivity index is 2.07. The molecular weight excluding hydrogens is 232 g/mol. The third-order valence-corrected chi connectivity index (χ3v) is 2.84. The summed E-state index contributed by atoms with van der Waals surface area (Å²) in [6.07, 6.45) is 1.44. The Kier molecular flexibility index (Phi) is 2.60. The molecule has 0 saturated heterocycles. The van der Waals surface area contributed by atoms with Crippen LogP contribution in [0.5, 0.6) is 0 Å². The van der Waals surface area contributed by atoms with Crippen LogP contribution < -0.4 is 0 Å². The van der Waals surface area contributed by atoms with E-state index in [0.717, 1.165) is 16.5 Å². The highest BCUT2D eigenvalue weighted by atomic mass is 16.5. The third kappa shape index (κ3) is 1.69. The van der Waals surface area contributed by atoms with E-state index in [1.807, 2.05) is 31.2 Å². The number of nitrogens with zero attached hydrogens (tertiary/aromatic N) is 2. The Bertz CT molecular complexity index is 671. The smallest absolute Gasteiger partial charge is 0.261 e. The molecule has 0 radical (unpaired) electrons. The number of aliphatic hydroxyl groups excluding tert-OH is 1. The number of para-hydroxylation sites is 1. The largest absolute Gasteiger partial charge is 0.463 e. The lowest BCUT2D eigenvalue weighted by Crippen LogP contribution is -1.97. The van der Waals surface area contributed by atoms with E-state index in [9.17, 15) is 5.11 Å². The molecule has 3 aromatic rings. The molecule has 2 heterocycles. The zero-order valence-electron chi connectivity index (χ0n) is 9.83. The van der Waals surface area contributed by atoms with E-state index in [4.69, 9.17) is 8.94 Å². The fourth-order valence-electron chi connectivity index (χ4n) is 1.81. The Morgan fingerprint density at radius 1 is 1.33 bits per heavy atom. The molecule has 92 valence electrons. The molecule has 0 fully saturated rings. The Morgan fingerprint density at radius 3 is 3.00 bits per heavy atom. The molecule has 0 aliphatic heterocycles. The Labute approximate surface area is 103 Å². The fraction of sp³-hybridized carbons (Fsp3) is 0.231. The van der Waals surface area contributed by atoms with Crippen LogP contribution in [0.2, 0.25) is 0 Å². The van der Waals surface area contributed by atoms with Crippen LogP contribution in [0.25, 0.3) is 22.4 Å². The maximum atomic E-state index is 9.64. The van der Waals surface area contributed by atoms with Crippen molar-refractivity contribution in [1.82, 2.24) is 10.1 Å². The quantitative estimate of drug-likeness (QED) is 0.766. The lowest BCUT2D eigenvalue weighted by atomic mass is 10.2. The van der Waals surface area contributed by atoms with Crippen LogP contribution in [0.15, 0.2) is 39.5 Å². The van der Waals surface area contributed by atoms with Gasteiger partial charge in [0.25, 0.3) is 5.89 Å². The SMILES string of the molecule is CCC(O)c1noc(-c2coc3ccccc23)n1. The second kappa shape index (κ2) is 4.27. The molecule has 5 nitrogen and oxygen atoms in total. The first kappa shape index (κ1) is 11.0. The van der Waals surface area contributed by atoms with Crippen molar-refractivity contribution in [3.63, 3.8) is 0 Å². The highest BCUT2D eigenvalue weighted by Gasteiger charge is 2.17. The molecule has 1 aromatic carbocycles. The third-order valence-electron chi connectivity index (χ3n) is 2.84. The molecule has 1 atom stereocenters. The van der Waals surface area contributed by atoms with Crippen molar-refractivity contribution >= 4 is 11.0 Å². The van der Waals surface area contributed by atoms with E-state index < -0.39 is 6.10 Å². The number of hydrogen-bond donors (Lipinski definition) is 1. The van der Waals surface area contributed by atoms with Gasteiger partial charge in [-0.1, -0.05) is 30.3 Å². The van der Waals surface area contributed by atoms with Gasteiger partial charge >= 0.3 is 0 Å². The maximum Gasteiger partial charge on any atom is 0.261 e. The number of benzene rings is 1. The zero-order chi connectivity index (χ0) is 12.5. The number of hydrogen-bond acceptors (Lipinski definition) is 5. The molecule has 2 aromatic heterocycles. The summed E-state index contributed by atoms with van der Waals surface area (Å²) >= 11 is 0. The van der Waals surface area contributed by atoms with Crippen LogP contribution in [0.1, 0.15) is 25.3 Å². The molecule has 0 saturated carbocycles. The molecule has 5 heteroatoms. The zero-order valence-corrected chi connectivity index (χ0v) is 9.83. The van der Waals surface area contributed by atoms with Crippen molar-refractivity contribution in [2.45, 2.75) is 19.4 Å². The average Bonchev–Trinajstić information content (AvgIpc) is 3.03. The summed E-state index contributed by atoms with van der Waals surface area (Å²) in [7, 11) is 0. The van der Waals surface area contributed by atoms with Gasteiger partial charge in [0.05, 0.1) is 5.56 Å². The standard InChI is InChI=1S/C13H12N2O3/c1-2-10(16)12-14-13(18-15-12)9-7-17-11-6-4-3-5-8(9)11/h3-7,10,16H,2H2,1H3. The molecular formula is C13H12N2O3. The van der Waals surface area contributed by atoms with Crippen molar-refractivity contribution in [3.05, 3.63) is 36.4 Å². The first-order valence-corrected chi connectivity index (χ1v) is 5.78. The summed E-state index contributed by atoms with van der Waals surface area (Å²) in [5, 5.41) is 14.3. The van der Waals surface area contributed by atoms with E-state index in [1.54, 1.807) is 6.26 Å². The summed E-state index contributed by atoms with van der Waals surface area (Å²) in [4.78, 5) is 4.19. The highest BCUT2D eigenvalue weighted by molar-refractivity contribution is 5.91. The number of furan rings is 1. The van der Waals surface area contributed by atoms with E-state index in [0.29, 0.717) is 18.1 Å². The minimum absolute atomic E-state index is 0.304. The van der Waals surface area contributed by atoms with Crippen LogP contribution in [0, 0.1) is 0 Å². The predicted molar refractivity (Wildman–Crippen MR) is 64.8 cm³/mol. The van der Waals surface area contributed by atoms with Gasteiger partial charge < -0.3 is 14.0 Å². The topological polar surface area (TPSA) is 72.3 Å². The monoisotopic (exact) mass is 244 g/mol. The molecule has 0 amide bonds. The number of aromatic nitrogens is 2. The van der Waals surface area contributed by atoms with Crippen LogP contribution >= 0.6 is 0 Å². The highest BCUT2D eigenvalue weighted by Crippen LogP contribution is 2.29. The van der Waals surface area contributed by atoms with Crippen molar-refractivity contribution < 1.29 is 14.0 Å². The molecule has 1 unspecified atom stereocenters. The second-order valence-electron chi connectivity index (χ2n) is 4.03. The van der Waals surface area contributed by atoms with Crippen LogP contribution in [0.3, 0.4) is 0 Å². The summed E-state index contributed by atoms with van der Waals surface area (Å²) < 4.78 is 10.6. The first-order valence-electron chi connectivity index (χ1n) is 5.78. The van der Waals surface area contributed by atoms with Crippen molar-refractivity contribution in [2.75, 3.05) is 0 Å². The van der Waals surface area contributed by atoms with Crippen molar-refractivity contribution in [1.29, 1.82) is 0 Å². The molecule has 18 heavy (non-hydrogen) atoms. The predicted octanol–water partition coefficient (Wildman–Crippen LogP) is 2.93. The fourth-order valence-corrected chi connectivity index (χ4v) is 1.81. The van der Waals surface area contributed by atoms with E-state index in [1.165, 1.54) is 0 Å². The van der Waals surface area contributed by atoms with Gasteiger partial charge in [0.2, 0.25) is 5.82 Å². The van der Waals surface area contributed by atoms with Crippen LogP contribution in [-0.4, -0.2) is 15.2 Å². The Hall–Kier alpha value is -2.14. The molecule has 0 spiro atoms. The van der Waals surface area contributed by atoms with Gasteiger partial charge in [0.15, 0.2) is 0 Å². The molecule has 0 aliphatic carbocycles. The van der Waals surface area contributed by atoms with Gasteiger partial charge in [-0.25, -0.2) is 0 Å². The van der Waals surface area contributed by atoms with E-state index in [2.05, 4.69) is 10.1 Å². The van der Waals surface area contributed by atoms with Crippen LogP contribution in [-0.2, 0) is 0 Å². The van der Waals surface area contributed by atoms with Crippen molar-refractivity contribution in [2.24, 2.45) is 0 Å². The van der Waals surface area contributed by atoms with Gasteiger partial charge in [0.1, 0.15) is 18.0 Å². The molecule has 3 rings (SSSR count). The van der Waals surface area contributed by atoms with Gasteiger partial charge in [-0.2, -0.15) is 4.98 Å². The van der Waals surface area contributed by atoms with Gasteiger partial charge in [0, 0.05) is 5.39 Å². The lowest BCUT2D eigenvalue weighted by Gasteiger charge is -1.97. The molecule has 0 aliphatic rings. The minimum atomic E-state index is -0.694. The first-order chi connectivity index (χ1) is 8.79. The average molecular weight is 244 g/mol. The minimum Gasteiger partial charge on any atom is -0.463 e. The lowest BCUT2D eigenvalue weighted by molar-refractivity contribution is 0.159. The number of fused-ring (bicyclic) bond motifs is 1. The number of aliphatic hydroxyl groups is 1. The molecule has 0 bridgehead atoms. The second-order valence-corrected chi connectivity index (χ2v) is 4.03. The maximum absolute atomic E-state index is 9.64. The van der Waals surface area contributed by atoms with Gasteiger partial charge in [-0.05, 0) is 12.5 Å². The summed E-state index contributed by atoms with van der Waals surface area (Å²) in [5.41, 5.74) is 1.51. The number of rotatable bonds is 3. The van der Waals surface area contributed by atoms with Gasteiger partial charge in [-0.15, -0.1) is 0 Å². The van der Waals surface area contributed by atoms with Crippen LogP contribution in [0.4, 0.5) is 0 Å². The van der Waals surface area contributed by atoms with E-state index in [-0.39, 0.29) is 0 Å². The summed E-state index contributed by atoms with van der Waals surface area (Å²) in [5.74, 6) is 0.667. The summed E-state index contributed by atoms with van der Waals surface area (Å²) in [6.45, 7) is 1.86.